The molecule has 3 heterocycles. The summed E-state index contributed by atoms with van der Waals surface area (Å²) in [5, 5.41) is 3.50. The number of anilines is 1. The van der Waals surface area contributed by atoms with Gasteiger partial charge >= 0.3 is 0 Å². The van der Waals surface area contributed by atoms with Gasteiger partial charge in [0.15, 0.2) is 0 Å². The number of ether oxygens (including phenoxy) is 1. The van der Waals surface area contributed by atoms with Gasteiger partial charge in [-0.05, 0) is 56.0 Å². The van der Waals surface area contributed by atoms with Gasteiger partial charge in [0.05, 0.1) is 6.61 Å². The molecule has 2 aliphatic heterocycles. The molecule has 1 fully saturated rings. The van der Waals surface area contributed by atoms with Crippen LogP contribution in [0.4, 0.5) is 5.95 Å². The highest BCUT2D eigenvalue weighted by atomic mass is 16.5. The minimum atomic E-state index is 0.434. The van der Waals surface area contributed by atoms with E-state index in [4.69, 9.17) is 4.74 Å². The van der Waals surface area contributed by atoms with Crippen LogP contribution >= 0.6 is 0 Å². The lowest BCUT2D eigenvalue weighted by Gasteiger charge is -2.33. The number of aromatic nitrogens is 2. The molecule has 4 rings (SSSR count). The maximum Gasteiger partial charge on any atom is 0.223 e. The van der Waals surface area contributed by atoms with Gasteiger partial charge in [0.2, 0.25) is 5.95 Å². The summed E-state index contributed by atoms with van der Waals surface area (Å²) in [6, 6.07) is 9.03. The van der Waals surface area contributed by atoms with Crippen LogP contribution in [0.2, 0.25) is 0 Å². The third-order valence-electron chi connectivity index (χ3n) is 5.10. The van der Waals surface area contributed by atoms with E-state index in [1.807, 2.05) is 19.2 Å². The van der Waals surface area contributed by atoms with Gasteiger partial charge in [-0.15, -0.1) is 0 Å². The van der Waals surface area contributed by atoms with Crippen LogP contribution in [0.5, 0.6) is 5.75 Å². The van der Waals surface area contributed by atoms with E-state index in [-0.39, 0.29) is 0 Å². The maximum absolute atomic E-state index is 5.60. The van der Waals surface area contributed by atoms with Crippen molar-refractivity contribution in [3.8, 4) is 5.75 Å². The van der Waals surface area contributed by atoms with Crippen molar-refractivity contribution in [3.63, 3.8) is 0 Å². The second-order valence-electron chi connectivity index (χ2n) is 7.10. The molecule has 5 heteroatoms. The standard InChI is InChI=1S/C20H26N4O/c1-15-6-9-21-20(22-15)23-18-3-2-10-24(14-18)11-7-16-4-5-19-17(13-16)8-12-25-19/h4-6,9,13,18H,2-3,7-8,10-12,14H2,1H3,(H,21,22,23). The Bertz CT molecular complexity index is 733. The summed E-state index contributed by atoms with van der Waals surface area (Å²) in [6.45, 7) is 6.18. The molecule has 0 radical (unpaired) electrons. The van der Waals surface area contributed by atoms with Crippen LogP contribution in [0.3, 0.4) is 0 Å². The fourth-order valence-electron chi connectivity index (χ4n) is 3.76. The van der Waals surface area contributed by atoms with Crippen LogP contribution in [-0.2, 0) is 12.8 Å². The molecule has 1 saturated heterocycles. The summed E-state index contributed by atoms with van der Waals surface area (Å²) in [7, 11) is 0. The number of rotatable bonds is 5. The zero-order chi connectivity index (χ0) is 17.1. The first-order valence-electron chi connectivity index (χ1n) is 9.29. The van der Waals surface area contributed by atoms with Crippen molar-refractivity contribution in [2.75, 3.05) is 31.6 Å². The first-order valence-corrected chi connectivity index (χ1v) is 9.29. The zero-order valence-corrected chi connectivity index (χ0v) is 14.9. The third-order valence-corrected chi connectivity index (χ3v) is 5.10. The fraction of sp³-hybridized carbons (Fsp3) is 0.500. The first-order chi connectivity index (χ1) is 12.3. The average molecular weight is 338 g/mol. The second-order valence-corrected chi connectivity index (χ2v) is 7.10. The molecule has 132 valence electrons. The van der Waals surface area contributed by atoms with Crippen LogP contribution in [0, 0.1) is 6.92 Å². The summed E-state index contributed by atoms with van der Waals surface area (Å²) in [6.07, 6.45) is 6.38. The van der Waals surface area contributed by atoms with Gasteiger partial charge in [-0.2, -0.15) is 0 Å². The van der Waals surface area contributed by atoms with Crippen molar-refractivity contribution in [1.82, 2.24) is 14.9 Å². The van der Waals surface area contributed by atoms with E-state index in [1.54, 1.807) is 0 Å². The molecule has 0 amide bonds. The van der Waals surface area contributed by atoms with Crippen LogP contribution in [0.15, 0.2) is 30.5 Å². The van der Waals surface area contributed by atoms with E-state index in [1.165, 1.54) is 30.5 Å². The highest BCUT2D eigenvalue weighted by Gasteiger charge is 2.20. The summed E-state index contributed by atoms with van der Waals surface area (Å²) in [5.74, 6) is 1.83. The van der Waals surface area contributed by atoms with Gasteiger partial charge in [-0.25, -0.2) is 9.97 Å². The number of hydrogen-bond donors (Lipinski definition) is 1. The molecule has 1 atom stereocenters. The molecule has 0 aliphatic carbocycles. The minimum Gasteiger partial charge on any atom is -0.493 e. The molecule has 0 saturated carbocycles. The number of nitrogens with one attached hydrogen (secondary N) is 1. The van der Waals surface area contributed by atoms with Crippen molar-refractivity contribution < 1.29 is 4.74 Å². The molecule has 2 aromatic rings. The number of hydrogen-bond acceptors (Lipinski definition) is 5. The predicted octanol–water partition coefficient (Wildman–Crippen LogP) is 2.84. The quantitative estimate of drug-likeness (QED) is 0.908. The van der Waals surface area contributed by atoms with Gasteiger partial charge in [-0.3, -0.25) is 0 Å². The van der Waals surface area contributed by atoms with Crippen LogP contribution in [0.25, 0.3) is 0 Å². The van der Waals surface area contributed by atoms with E-state index in [9.17, 15) is 0 Å². The summed E-state index contributed by atoms with van der Waals surface area (Å²) < 4.78 is 5.60. The van der Waals surface area contributed by atoms with E-state index < -0.39 is 0 Å². The Morgan fingerprint density at radius 1 is 1.32 bits per heavy atom. The first kappa shape index (κ1) is 16.3. The topological polar surface area (TPSA) is 50.3 Å². The second kappa shape index (κ2) is 7.40. The monoisotopic (exact) mass is 338 g/mol. The fourth-order valence-corrected chi connectivity index (χ4v) is 3.76. The number of piperidine rings is 1. The molecular formula is C20H26N4O. The number of fused-ring (bicyclic) bond motifs is 1. The minimum absolute atomic E-state index is 0.434. The molecule has 1 N–H and O–H groups in total. The van der Waals surface area contributed by atoms with Gasteiger partial charge < -0.3 is 15.0 Å². The Morgan fingerprint density at radius 2 is 2.28 bits per heavy atom. The Kier molecular flexibility index (Phi) is 4.83. The highest BCUT2D eigenvalue weighted by molar-refractivity contribution is 5.39. The van der Waals surface area contributed by atoms with Crippen LogP contribution < -0.4 is 10.1 Å². The van der Waals surface area contributed by atoms with Gasteiger partial charge in [-0.1, -0.05) is 12.1 Å². The van der Waals surface area contributed by atoms with Crippen molar-refractivity contribution >= 4 is 5.95 Å². The van der Waals surface area contributed by atoms with Crippen LogP contribution in [0.1, 0.15) is 29.7 Å². The summed E-state index contributed by atoms with van der Waals surface area (Å²) in [4.78, 5) is 11.4. The molecular weight excluding hydrogens is 312 g/mol. The number of aryl methyl sites for hydroxylation is 1. The van der Waals surface area contributed by atoms with Crippen LogP contribution in [-0.4, -0.2) is 47.2 Å². The average Bonchev–Trinajstić information content (AvgIpc) is 3.08. The van der Waals surface area contributed by atoms with Crippen molar-refractivity contribution in [1.29, 1.82) is 0 Å². The lowest BCUT2D eigenvalue weighted by molar-refractivity contribution is 0.218. The van der Waals surface area contributed by atoms with E-state index in [0.717, 1.165) is 49.9 Å². The smallest absolute Gasteiger partial charge is 0.223 e. The number of benzene rings is 1. The summed E-state index contributed by atoms with van der Waals surface area (Å²) in [5.41, 5.74) is 3.79. The molecule has 1 aromatic carbocycles. The van der Waals surface area contributed by atoms with Crippen molar-refractivity contribution in [3.05, 3.63) is 47.3 Å². The Labute approximate surface area is 149 Å². The highest BCUT2D eigenvalue weighted by Crippen LogP contribution is 2.26. The molecule has 1 aromatic heterocycles. The molecule has 0 spiro atoms. The summed E-state index contributed by atoms with van der Waals surface area (Å²) >= 11 is 0. The largest absolute Gasteiger partial charge is 0.493 e. The molecule has 0 bridgehead atoms. The van der Waals surface area contributed by atoms with E-state index in [2.05, 4.69) is 38.4 Å². The lowest BCUT2D eigenvalue weighted by Crippen LogP contribution is -2.43. The van der Waals surface area contributed by atoms with Crippen molar-refractivity contribution in [2.45, 2.75) is 38.6 Å². The predicted molar refractivity (Wildman–Crippen MR) is 99.2 cm³/mol. The Balaban J connectivity index is 1.31. The van der Waals surface area contributed by atoms with E-state index >= 15 is 0 Å². The SMILES string of the molecule is Cc1ccnc(NC2CCCN(CCc3ccc4c(c3)CCO4)C2)n1. The zero-order valence-electron chi connectivity index (χ0n) is 14.9. The maximum atomic E-state index is 5.60. The molecule has 1 unspecified atom stereocenters. The third kappa shape index (κ3) is 4.10. The molecule has 2 aliphatic rings. The number of nitrogens with zero attached hydrogens (tertiary/aromatic N) is 3. The number of likely N-dealkylation sites (tertiary alicyclic amines) is 1. The Morgan fingerprint density at radius 3 is 3.20 bits per heavy atom. The molecule has 5 nitrogen and oxygen atoms in total. The van der Waals surface area contributed by atoms with Gasteiger partial charge in [0.25, 0.3) is 0 Å². The van der Waals surface area contributed by atoms with E-state index in [0.29, 0.717) is 6.04 Å². The van der Waals surface area contributed by atoms with Gasteiger partial charge in [0, 0.05) is 37.4 Å². The van der Waals surface area contributed by atoms with Crippen molar-refractivity contribution in [2.24, 2.45) is 0 Å². The normalized spacial score (nSPS) is 20.1. The molecule has 25 heavy (non-hydrogen) atoms. The van der Waals surface area contributed by atoms with Gasteiger partial charge in [0.1, 0.15) is 5.75 Å². The lowest BCUT2D eigenvalue weighted by atomic mass is 10.0. The Hall–Kier alpha value is -2.14.